The number of hydrogen-bond donors (Lipinski definition) is 2. The minimum absolute atomic E-state index is 0.181. The molecule has 0 bridgehead atoms. The summed E-state index contributed by atoms with van der Waals surface area (Å²) < 4.78 is 24.0. The summed E-state index contributed by atoms with van der Waals surface area (Å²) in [5.41, 5.74) is 8.10. The summed E-state index contributed by atoms with van der Waals surface area (Å²) in [6, 6.07) is 10.5. The Morgan fingerprint density at radius 2 is 1.87 bits per heavy atom. The Bertz CT molecular complexity index is 1080. The van der Waals surface area contributed by atoms with Gasteiger partial charge in [0, 0.05) is 16.5 Å². The minimum atomic E-state index is -0.568. The van der Waals surface area contributed by atoms with Gasteiger partial charge in [-0.05, 0) is 49.2 Å². The van der Waals surface area contributed by atoms with Crippen molar-refractivity contribution >= 4 is 33.9 Å². The lowest BCUT2D eigenvalue weighted by Gasteiger charge is -2.11. The molecule has 3 N–H and O–H groups in total. The van der Waals surface area contributed by atoms with Gasteiger partial charge in [-0.25, -0.2) is 9.18 Å². The van der Waals surface area contributed by atoms with Crippen molar-refractivity contribution in [1.29, 1.82) is 0 Å². The summed E-state index contributed by atoms with van der Waals surface area (Å²) >= 11 is 1.19. The molecule has 3 aromatic rings. The molecule has 0 saturated carbocycles. The van der Waals surface area contributed by atoms with Crippen LogP contribution in [-0.4, -0.2) is 25.1 Å². The number of nitrogens with one attached hydrogen (secondary N) is 1. The van der Waals surface area contributed by atoms with Gasteiger partial charge >= 0.3 is 5.97 Å². The first-order chi connectivity index (χ1) is 14.9. The quantitative estimate of drug-likeness (QED) is 0.362. The predicted molar refractivity (Wildman–Crippen MR) is 120 cm³/mol. The van der Waals surface area contributed by atoms with E-state index in [-0.39, 0.29) is 18.0 Å². The van der Waals surface area contributed by atoms with Crippen LogP contribution >= 0.6 is 11.3 Å². The second kappa shape index (κ2) is 10.1. The fourth-order valence-corrected chi connectivity index (χ4v) is 3.86. The summed E-state index contributed by atoms with van der Waals surface area (Å²) in [5.74, 6) is -0.859. The van der Waals surface area contributed by atoms with Crippen molar-refractivity contribution in [3.8, 4) is 16.9 Å². The highest BCUT2D eigenvalue weighted by Crippen LogP contribution is 2.36. The predicted octanol–water partition coefficient (Wildman–Crippen LogP) is 5.35. The second-order valence-electron chi connectivity index (χ2n) is 6.64. The topological polar surface area (TPSA) is 90.6 Å². The molecule has 0 spiro atoms. The van der Waals surface area contributed by atoms with Crippen LogP contribution in [0.5, 0.6) is 5.75 Å². The Balaban J connectivity index is 1.90. The Labute approximate surface area is 183 Å². The molecule has 0 aliphatic rings. The summed E-state index contributed by atoms with van der Waals surface area (Å²) in [5, 5.41) is 4.83. The summed E-state index contributed by atoms with van der Waals surface area (Å²) in [6.07, 6.45) is 0.840. The van der Waals surface area contributed by atoms with Crippen molar-refractivity contribution in [2.45, 2.75) is 20.3 Å². The van der Waals surface area contributed by atoms with Crippen LogP contribution in [0.25, 0.3) is 11.1 Å². The fourth-order valence-electron chi connectivity index (χ4n) is 2.91. The number of rotatable bonds is 8. The second-order valence-corrected chi connectivity index (χ2v) is 7.52. The van der Waals surface area contributed by atoms with Crippen LogP contribution in [0.3, 0.4) is 0 Å². The van der Waals surface area contributed by atoms with Crippen LogP contribution in [-0.2, 0) is 4.74 Å². The standard InChI is InChI=1S/C23H23FN2O4S/c1-3-11-30-19-10-7-15(12-18(19)25)21(27)26-22-20(23(28)29-4-2)17(13-31-22)14-5-8-16(24)9-6-14/h5-10,12-13H,3-4,11,25H2,1-2H3,(H,26,27). The van der Waals surface area contributed by atoms with Gasteiger partial charge in [0.2, 0.25) is 0 Å². The number of ether oxygens (including phenoxy) is 2. The molecule has 162 valence electrons. The molecule has 0 aliphatic carbocycles. The molecule has 0 fully saturated rings. The number of esters is 1. The number of amides is 1. The monoisotopic (exact) mass is 442 g/mol. The van der Waals surface area contributed by atoms with Crippen molar-refractivity contribution in [3.63, 3.8) is 0 Å². The van der Waals surface area contributed by atoms with Crippen molar-refractivity contribution < 1.29 is 23.5 Å². The number of nitrogens with two attached hydrogens (primary N) is 1. The summed E-state index contributed by atoms with van der Waals surface area (Å²) in [6.45, 7) is 4.39. The molecule has 1 aromatic heterocycles. The third kappa shape index (κ3) is 5.21. The Morgan fingerprint density at radius 1 is 1.13 bits per heavy atom. The van der Waals surface area contributed by atoms with Crippen LogP contribution in [0, 0.1) is 5.82 Å². The van der Waals surface area contributed by atoms with E-state index in [0.29, 0.717) is 39.7 Å². The molecule has 31 heavy (non-hydrogen) atoms. The number of hydrogen-bond acceptors (Lipinski definition) is 6. The highest BCUT2D eigenvalue weighted by molar-refractivity contribution is 7.15. The van der Waals surface area contributed by atoms with Crippen LogP contribution < -0.4 is 15.8 Å². The SMILES string of the molecule is CCCOc1ccc(C(=O)Nc2scc(-c3ccc(F)cc3)c2C(=O)OCC)cc1N. The molecule has 0 saturated heterocycles. The van der Waals surface area contributed by atoms with Gasteiger partial charge < -0.3 is 20.5 Å². The fraction of sp³-hybridized carbons (Fsp3) is 0.217. The molecule has 8 heteroatoms. The first kappa shape index (κ1) is 22.3. The zero-order chi connectivity index (χ0) is 22.4. The number of halogens is 1. The van der Waals surface area contributed by atoms with E-state index in [1.54, 1.807) is 36.6 Å². The van der Waals surface area contributed by atoms with E-state index < -0.39 is 11.9 Å². The maximum absolute atomic E-state index is 13.3. The van der Waals surface area contributed by atoms with Gasteiger partial charge in [-0.3, -0.25) is 4.79 Å². The lowest BCUT2D eigenvalue weighted by Crippen LogP contribution is -2.15. The highest BCUT2D eigenvalue weighted by atomic mass is 32.1. The van der Waals surface area contributed by atoms with Gasteiger partial charge in [0.15, 0.2) is 0 Å². The van der Waals surface area contributed by atoms with Gasteiger partial charge in [0.25, 0.3) is 5.91 Å². The van der Waals surface area contributed by atoms with Crippen molar-refractivity contribution in [2.75, 3.05) is 24.3 Å². The molecule has 1 amide bonds. The van der Waals surface area contributed by atoms with Gasteiger partial charge in [-0.15, -0.1) is 11.3 Å². The number of carbonyl (C=O) groups is 2. The molecule has 2 aromatic carbocycles. The van der Waals surface area contributed by atoms with Crippen molar-refractivity contribution in [3.05, 3.63) is 64.8 Å². The maximum Gasteiger partial charge on any atom is 0.341 e. The Morgan fingerprint density at radius 3 is 2.52 bits per heavy atom. The van der Waals surface area contributed by atoms with E-state index in [0.717, 1.165) is 6.42 Å². The van der Waals surface area contributed by atoms with Crippen molar-refractivity contribution in [2.24, 2.45) is 0 Å². The van der Waals surface area contributed by atoms with E-state index in [1.807, 2.05) is 6.92 Å². The van der Waals surface area contributed by atoms with E-state index >= 15 is 0 Å². The summed E-state index contributed by atoms with van der Waals surface area (Å²) in [4.78, 5) is 25.4. The van der Waals surface area contributed by atoms with Crippen molar-refractivity contribution in [1.82, 2.24) is 0 Å². The minimum Gasteiger partial charge on any atom is -0.491 e. The van der Waals surface area contributed by atoms with E-state index in [4.69, 9.17) is 15.2 Å². The van der Waals surface area contributed by atoms with E-state index in [1.165, 1.54) is 29.5 Å². The Hall–Kier alpha value is -3.39. The first-order valence-electron chi connectivity index (χ1n) is 9.82. The van der Waals surface area contributed by atoms with Gasteiger partial charge in [0.05, 0.1) is 18.9 Å². The average molecular weight is 443 g/mol. The lowest BCUT2D eigenvalue weighted by molar-refractivity contribution is 0.0529. The molecule has 0 aliphatic heterocycles. The third-order valence-corrected chi connectivity index (χ3v) is 5.28. The smallest absolute Gasteiger partial charge is 0.341 e. The summed E-state index contributed by atoms with van der Waals surface area (Å²) in [7, 11) is 0. The largest absolute Gasteiger partial charge is 0.491 e. The molecule has 6 nitrogen and oxygen atoms in total. The molecule has 0 unspecified atom stereocenters. The van der Waals surface area contributed by atoms with Gasteiger partial charge in [-0.1, -0.05) is 19.1 Å². The van der Waals surface area contributed by atoms with E-state index in [2.05, 4.69) is 5.32 Å². The van der Waals surface area contributed by atoms with Crippen LogP contribution in [0.2, 0.25) is 0 Å². The maximum atomic E-state index is 13.3. The number of thiophene rings is 1. The molecule has 3 rings (SSSR count). The van der Waals surface area contributed by atoms with E-state index in [9.17, 15) is 14.0 Å². The zero-order valence-corrected chi connectivity index (χ0v) is 18.1. The van der Waals surface area contributed by atoms with Gasteiger partial charge in [0.1, 0.15) is 22.1 Å². The highest BCUT2D eigenvalue weighted by Gasteiger charge is 2.23. The van der Waals surface area contributed by atoms with Gasteiger partial charge in [-0.2, -0.15) is 0 Å². The Kier molecular flexibility index (Phi) is 7.25. The number of anilines is 2. The zero-order valence-electron chi connectivity index (χ0n) is 17.2. The number of benzene rings is 2. The third-order valence-electron chi connectivity index (χ3n) is 4.39. The van der Waals surface area contributed by atoms with Crippen LogP contribution in [0.1, 0.15) is 41.0 Å². The molecular weight excluding hydrogens is 419 g/mol. The van der Waals surface area contributed by atoms with Crippen LogP contribution in [0.15, 0.2) is 47.8 Å². The normalized spacial score (nSPS) is 10.5. The molecule has 0 radical (unpaired) electrons. The van der Waals surface area contributed by atoms with Crippen LogP contribution in [0.4, 0.5) is 15.1 Å². The average Bonchev–Trinajstić information content (AvgIpc) is 3.17. The first-order valence-corrected chi connectivity index (χ1v) is 10.7. The number of nitrogen functional groups attached to an aromatic ring is 1. The molecule has 1 heterocycles. The molecular formula is C23H23FN2O4S. The lowest BCUT2D eigenvalue weighted by atomic mass is 10.0. The molecule has 0 atom stereocenters. The number of carbonyl (C=O) groups excluding carboxylic acids is 2.